The molecule has 0 radical (unpaired) electrons. The van der Waals surface area contributed by atoms with Gasteiger partial charge in [-0.25, -0.2) is 14.4 Å². The summed E-state index contributed by atoms with van der Waals surface area (Å²) in [4.78, 5) is 41.7. The molecule has 41 heavy (non-hydrogen) atoms. The van der Waals surface area contributed by atoms with Crippen LogP contribution in [0.25, 0.3) is 11.3 Å². The lowest BCUT2D eigenvalue weighted by atomic mass is 10.1. The van der Waals surface area contributed by atoms with Crippen LogP contribution in [0.3, 0.4) is 0 Å². The van der Waals surface area contributed by atoms with Gasteiger partial charge in [-0.1, -0.05) is 11.6 Å². The van der Waals surface area contributed by atoms with Gasteiger partial charge < -0.3 is 25.4 Å². The Kier molecular flexibility index (Phi) is 8.03. The van der Waals surface area contributed by atoms with Gasteiger partial charge in [0.1, 0.15) is 18.1 Å². The average molecular weight is 582 g/mol. The highest BCUT2D eigenvalue weighted by Crippen LogP contribution is 2.30. The zero-order chi connectivity index (χ0) is 29.1. The fourth-order valence-electron chi connectivity index (χ4n) is 4.32. The quantitative estimate of drug-likeness (QED) is 0.254. The van der Waals surface area contributed by atoms with E-state index in [-0.39, 0.29) is 29.8 Å². The molecule has 2 amide bonds. The van der Waals surface area contributed by atoms with Crippen LogP contribution in [0.5, 0.6) is 5.75 Å². The number of nitrogens with zero attached hydrogens (tertiary/aromatic N) is 7. The third-order valence-corrected chi connectivity index (χ3v) is 6.42. The van der Waals surface area contributed by atoms with Crippen molar-refractivity contribution in [3.8, 4) is 17.0 Å². The molecule has 1 aromatic carbocycles. The smallest absolute Gasteiger partial charge is 0.256 e. The van der Waals surface area contributed by atoms with E-state index >= 15 is 0 Å². The van der Waals surface area contributed by atoms with Gasteiger partial charge in [-0.05, 0) is 30.7 Å². The first kappa shape index (κ1) is 27.9. The summed E-state index contributed by atoms with van der Waals surface area (Å²) in [5.41, 5.74) is 1.95. The fourth-order valence-corrected chi connectivity index (χ4v) is 4.52. The molecule has 15 heteroatoms. The highest BCUT2D eigenvalue weighted by molar-refractivity contribution is 6.33. The molecule has 4 heterocycles. The molecule has 1 atom stereocenters. The monoisotopic (exact) mass is 581 g/mol. The van der Waals surface area contributed by atoms with Crippen LogP contribution < -0.4 is 15.4 Å². The van der Waals surface area contributed by atoms with Crippen molar-refractivity contribution in [1.29, 1.82) is 0 Å². The van der Waals surface area contributed by atoms with E-state index in [0.717, 1.165) is 0 Å². The van der Waals surface area contributed by atoms with E-state index in [1.807, 2.05) is 0 Å². The van der Waals surface area contributed by atoms with Gasteiger partial charge in [0.05, 0.1) is 60.2 Å². The number of hydrogen-bond donors (Lipinski definition) is 3. The minimum atomic E-state index is -0.896. The summed E-state index contributed by atoms with van der Waals surface area (Å²) in [6.07, 6.45) is 4.47. The topological polar surface area (TPSA) is 160 Å². The summed E-state index contributed by atoms with van der Waals surface area (Å²) in [5.74, 6) is -0.565. The number of halogens is 2. The average Bonchev–Trinajstić information content (AvgIpc) is 3.49. The third kappa shape index (κ3) is 6.23. The second kappa shape index (κ2) is 11.8. The molecule has 13 nitrogen and oxygen atoms in total. The predicted octanol–water partition coefficient (Wildman–Crippen LogP) is 2.41. The Bertz CT molecular complexity index is 1620. The number of fused-ring (bicyclic) bond motifs is 1. The van der Waals surface area contributed by atoms with E-state index in [1.165, 1.54) is 40.4 Å². The highest BCUT2D eigenvalue weighted by atomic mass is 35.5. The number of nitrogens with one attached hydrogen (secondary N) is 2. The van der Waals surface area contributed by atoms with Crippen molar-refractivity contribution in [2.45, 2.75) is 19.5 Å². The maximum atomic E-state index is 14.1. The minimum absolute atomic E-state index is 0.108. The van der Waals surface area contributed by atoms with E-state index in [9.17, 15) is 19.1 Å². The molecule has 3 N–H and O–H groups in total. The standard InChI is InChI=1S/C26H25ClFN9O4/c1-3-41-17-5-14(4-16(28)7-17)21(13-38)32-23(39)12-37-11-20-18(25(37)40)6-15(8-29-20)24-19(27)9-30-26(34-24)33-22-10-31-36(2)35-22/h4-10,21,38H,3,11-13H2,1-2H3,(H,32,39)(H,30,33,34,35)/t21-/m1/s1. The van der Waals surface area contributed by atoms with Gasteiger partial charge in [0.25, 0.3) is 5.91 Å². The molecular weight excluding hydrogens is 557 g/mol. The number of anilines is 2. The summed E-state index contributed by atoms with van der Waals surface area (Å²) in [6, 6.07) is 4.68. The predicted molar refractivity (Wildman–Crippen MR) is 145 cm³/mol. The number of aryl methyl sites for hydroxylation is 1. The van der Waals surface area contributed by atoms with Crippen LogP contribution in [-0.2, 0) is 18.4 Å². The maximum absolute atomic E-state index is 14.1. The SMILES string of the molecule is CCOc1cc(F)cc([C@@H](CO)NC(=O)CN2Cc3ncc(-c4nc(Nc5cnn(C)n5)ncc4Cl)cc3C2=O)c1. The highest BCUT2D eigenvalue weighted by Gasteiger charge is 2.31. The Morgan fingerprint density at radius 1 is 1.22 bits per heavy atom. The van der Waals surface area contributed by atoms with Crippen LogP contribution in [0.4, 0.5) is 16.2 Å². The number of amides is 2. The molecule has 0 spiro atoms. The van der Waals surface area contributed by atoms with Crippen LogP contribution in [-0.4, -0.2) is 71.5 Å². The molecular formula is C26H25ClFN9O4. The summed E-state index contributed by atoms with van der Waals surface area (Å²) < 4.78 is 19.4. The minimum Gasteiger partial charge on any atom is -0.494 e. The maximum Gasteiger partial charge on any atom is 0.256 e. The number of aliphatic hydroxyl groups excluding tert-OH is 1. The molecule has 5 rings (SSSR count). The van der Waals surface area contributed by atoms with Gasteiger partial charge in [0, 0.05) is 24.9 Å². The first-order chi connectivity index (χ1) is 19.7. The van der Waals surface area contributed by atoms with E-state index in [2.05, 4.69) is 35.8 Å². The largest absolute Gasteiger partial charge is 0.494 e. The van der Waals surface area contributed by atoms with Crippen LogP contribution in [0.1, 0.15) is 34.6 Å². The lowest BCUT2D eigenvalue weighted by Crippen LogP contribution is -2.40. The number of aromatic nitrogens is 6. The molecule has 4 aromatic rings. The van der Waals surface area contributed by atoms with Gasteiger partial charge in [-0.3, -0.25) is 14.6 Å². The van der Waals surface area contributed by atoms with Crippen molar-refractivity contribution >= 4 is 35.2 Å². The normalized spacial score (nSPS) is 13.2. The fraction of sp³-hybridized carbons (Fsp3) is 0.269. The van der Waals surface area contributed by atoms with Gasteiger partial charge >= 0.3 is 0 Å². The second-order valence-electron chi connectivity index (χ2n) is 9.07. The summed E-state index contributed by atoms with van der Waals surface area (Å²) in [6.45, 7) is 1.42. The number of carbonyl (C=O) groups excluding carboxylic acids is 2. The number of benzene rings is 1. The zero-order valence-electron chi connectivity index (χ0n) is 22.0. The molecule has 1 aliphatic rings. The first-order valence-corrected chi connectivity index (χ1v) is 12.9. The Labute approximate surface area is 238 Å². The van der Waals surface area contributed by atoms with E-state index in [0.29, 0.717) is 40.5 Å². The Morgan fingerprint density at radius 3 is 2.78 bits per heavy atom. The van der Waals surface area contributed by atoms with Gasteiger partial charge in [-0.2, -0.15) is 9.90 Å². The molecule has 212 valence electrons. The van der Waals surface area contributed by atoms with E-state index in [1.54, 1.807) is 26.1 Å². The number of rotatable bonds is 10. The lowest BCUT2D eigenvalue weighted by Gasteiger charge is -2.20. The lowest BCUT2D eigenvalue weighted by molar-refractivity contribution is -0.122. The van der Waals surface area contributed by atoms with Crippen LogP contribution in [0.15, 0.2) is 42.9 Å². The molecule has 0 saturated carbocycles. The van der Waals surface area contributed by atoms with Crippen molar-refractivity contribution in [2.24, 2.45) is 7.05 Å². The Hall–Kier alpha value is -4.69. The second-order valence-corrected chi connectivity index (χ2v) is 9.48. The van der Waals surface area contributed by atoms with Crippen molar-refractivity contribution in [3.63, 3.8) is 0 Å². The van der Waals surface area contributed by atoms with Crippen LogP contribution >= 0.6 is 11.6 Å². The molecule has 0 saturated heterocycles. The van der Waals surface area contributed by atoms with Crippen LogP contribution in [0.2, 0.25) is 5.02 Å². The molecule has 0 aliphatic carbocycles. The van der Waals surface area contributed by atoms with Crippen molar-refractivity contribution in [3.05, 3.63) is 70.5 Å². The summed E-state index contributed by atoms with van der Waals surface area (Å²) in [5, 5.41) is 23.8. The van der Waals surface area contributed by atoms with Crippen molar-refractivity contribution in [1.82, 2.24) is 40.2 Å². The number of pyridine rings is 1. The Balaban J connectivity index is 1.29. The molecule has 1 aliphatic heterocycles. The van der Waals surface area contributed by atoms with Gasteiger partial charge in [0.2, 0.25) is 11.9 Å². The molecule has 3 aromatic heterocycles. The molecule has 0 bridgehead atoms. The summed E-state index contributed by atoms with van der Waals surface area (Å²) >= 11 is 6.36. The third-order valence-electron chi connectivity index (χ3n) is 6.14. The van der Waals surface area contributed by atoms with Crippen molar-refractivity contribution < 1.29 is 23.8 Å². The first-order valence-electron chi connectivity index (χ1n) is 12.5. The number of ether oxygens (including phenoxy) is 1. The Morgan fingerprint density at radius 2 is 2.05 bits per heavy atom. The van der Waals surface area contributed by atoms with Crippen molar-refractivity contribution in [2.75, 3.05) is 25.1 Å². The molecule has 0 unspecified atom stereocenters. The number of aliphatic hydroxyl groups is 1. The van der Waals surface area contributed by atoms with Crippen LogP contribution in [0, 0.1) is 5.82 Å². The zero-order valence-corrected chi connectivity index (χ0v) is 22.8. The number of carbonyl (C=O) groups is 2. The van der Waals surface area contributed by atoms with E-state index < -0.39 is 30.3 Å². The molecule has 0 fully saturated rings. The summed E-state index contributed by atoms with van der Waals surface area (Å²) in [7, 11) is 1.67. The number of hydrogen-bond acceptors (Lipinski definition) is 10. The van der Waals surface area contributed by atoms with Gasteiger partial charge in [-0.15, -0.1) is 5.10 Å². The van der Waals surface area contributed by atoms with Gasteiger partial charge in [0.15, 0.2) is 5.82 Å². The van der Waals surface area contributed by atoms with E-state index in [4.69, 9.17) is 16.3 Å².